The van der Waals surface area contributed by atoms with Crippen LogP contribution in [0, 0.1) is 10.5 Å². The van der Waals surface area contributed by atoms with Crippen molar-refractivity contribution in [2.24, 2.45) is 0 Å². The highest BCUT2D eigenvalue weighted by Crippen LogP contribution is 2.29. The molecule has 2 aromatic rings. The summed E-state index contributed by atoms with van der Waals surface area (Å²) in [6.45, 7) is 1.95. The summed E-state index contributed by atoms with van der Waals surface area (Å²) in [7, 11) is 0. The zero-order valence-electron chi connectivity index (χ0n) is 10.8. The molecule has 0 fully saturated rings. The van der Waals surface area contributed by atoms with Gasteiger partial charge in [0, 0.05) is 6.08 Å². The summed E-state index contributed by atoms with van der Waals surface area (Å²) < 4.78 is 6.92. The van der Waals surface area contributed by atoms with Crippen LogP contribution in [0.3, 0.4) is 0 Å². The van der Waals surface area contributed by atoms with Gasteiger partial charge in [0.05, 0.1) is 3.57 Å². The van der Waals surface area contributed by atoms with Gasteiger partial charge >= 0.3 is 5.97 Å². The summed E-state index contributed by atoms with van der Waals surface area (Å²) in [6, 6.07) is 13.3. The second-order valence-electron chi connectivity index (χ2n) is 4.23. The maximum absolute atomic E-state index is 10.5. The summed E-state index contributed by atoms with van der Waals surface area (Å²) in [5.74, 6) is 0.544. The summed E-state index contributed by atoms with van der Waals surface area (Å²) >= 11 is 2.22. The Kier molecular flexibility index (Phi) is 4.79. The topological polar surface area (TPSA) is 46.5 Å². The number of ether oxygens (including phenoxy) is 1. The molecule has 0 heterocycles. The van der Waals surface area contributed by atoms with E-state index in [0.29, 0.717) is 0 Å². The molecule has 20 heavy (non-hydrogen) atoms. The third kappa shape index (κ3) is 3.84. The van der Waals surface area contributed by atoms with E-state index in [2.05, 4.69) is 22.6 Å². The van der Waals surface area contributed by atoms with Crippen molar-refractivity contribution in [2.75, 3.05) is 0 Å². The Morgan fingerprint density at radius 3 is 2.65 bits per heavy atom. The molecule has 0 amide bonds. The number of rotatable bonds is 4. The first kappa shape index (κ1) is 14.6. The summed E-state index contributed by atoms with van der Waals surface area (Å²) in [5.41, 5.74) is 1.79. The molecule has 0 atom stereocenters. The number of para-hydroxylation sites is 1. The zero-order chi connectivity index (χ0) is 14.5. The van der Waals surface area contributed by atoms with E-state index >= 15 is 0 Å². The lowest BCUT2D eigenvalue weighted by atomic mass is 10.1. The van der Waals surface area contributed by atoms with Crippen molar-refractivity contribution in [3.63, 3.8) is 0 Å². The fourth-order valence-electron chi connectivity index (χ4n) is 1.64. The predicted molar refractivity (Wildman–Crippen MR) is 87.1 cm³/mol. The Labute approximate surface area is 131 Å². The van der Waals surface area contributed by atoms with E-state index in [1.54, 1.807) is 6.08 Å². The molecule has 3 nitrogen and oxygen atoms in total. The van der Waals surface area contributed by atoms with Gasteiger partial charge in [0.25, 0.3) is 0 Å². The number of hydrogen-bond acceptors (Lipinski definition) is 2. The maximum atomic E-state index is 10.5. The van der Waals surface area contributed by atoms with Crippen LogP contribution in [0.5, 0.6) is 11.5 Å². The van der Waals surface area contributed by atoms with E-state index in [1.165, 1.54) is 0 Å². The molecule has 1 N–H and O–H groups in total. The minimum Gasteiger partial charge on any atom is -0.478 e. The van der Waals surface area contributed by atoms with Crippen molar-refractivity contribution in [3.05, 3.63) is 63.2 Å². The molecule has 0 unspecified atom stereocenters. The highest BCUT2D eigenvalue weighted by molar-refractivity contribution is 14.1. The quantitative estimate of drug-likeness (QED) is 0.628. The van der Waals surface area contributed by atoms with Crippen LogP contribution in [0.15, 0.2) is 48.5 Å². The minimum atomic E-state index is -0.967. The van der Waals surface area contributed by atoms with Gasteiger partial charge in [-0.05, 0) is 64.9 Å². The van der Waals surface area contributed by atoms with Crippen LogP contribution in [0.25, 0.3) is 6.08 Å². The number of carboxylic acids is 1. The Morgan fingerprint density at radius 1 is 1.20 bits per heavy atom. The first-order valence-corrected chi connectivity index (χ1v) is 7.08. The van der Waals surface area contributed by atoms with Crippen molar-refractivity contribution in [1.82, 2.24) is 0 Å². The standard InChI is InChI=1S/C16H13IO3/c1-11-6-7-12(8-9-16(18)19)10-15(11)20-14-5-3-2-4-13(14)17/h2-10H,1H3,(H,18,19)/b9-8+. The van der Waals surface area contributed by atoms with Crippen LogP contribution in [-0.4, -0.2) is 11.1 Å². The van der Waals surface area contributed by atoms with Gasteiger partial charge in [-0.3, -0.25) is 0 Å². The fraction of sp³-hybridized carbons (Fsp3) is 0.0625. The van der Waals surface area contributed by atoms with E-state index in [-0.39, 0.29) is 0 Å². The average Bonchev–Trinajstić information content (AvgIpc) is 2.42. The number of carboxylic acid groups (broad SMARTS) is 1. The number of benzene rings is 2. The molecule has 0 bridgehead atoms. The number of hydrogen-bond donors (Lipinski definition) is 1. The van der Waals surface area contributed by atoms with E-state index < -0.39 is 5.97 Å². The van der Waals surface area contributed by atoms with Crippen molar-refractivity contribution in [2.45, 2.75) is 6.92 Å². The van der Waals surface area contributed by atoms with Crippen molar-refractivity contribution < 1.29 is 14.6 Å². The summed E-state index contributed by atoms with van der Waals surface area (Å²) in [4.78, 5) is 10.5. The monoisotopic (exact) mass is 380 g/mol. The fourth-order valence-corrected chi connectivity index (χ4v) is 2.14. The highest BCUT2D eigenvalue weighted by atomic mass is 127. The highest BCUT2D eigenvalue weighted by Gasteiger charge is 2.05. The second kappa shape index (κ2) is 6.56. The first-order valence-electron chi connectivity index (χ1n) is 6.00. The van der Waals surface area contributed by atoms with Crippen molar-refractivity contribution >= 4 is 34.6 Å². The second-order valence-corrected chi connectivity index (χ2v) is 5.39. The summed E-state index contributed by atoms with van der Waals surface area (Å²) in [6.07, 6.45) is 2.66. The molecule has 2 rings (SSSR count). The van der Waals surface area contributed by atoms with E-state index in [9.17, 15) is 4.79 Å². The minimum absolute atomic E-state index is 0.724. The molecule has 0 aliphatic carbocycles. The molecule has 0 spiro atoms. The molecule has 0 aromatic heterocycles. The van der Waals surface area contributed by atoms with Crippen molar-refractivity contribution in [3.8, 4) is 11.5 Å². The lowest BCUT2D eigenvalue weighted by molar-refractivity contribution is -0.131. The van der Waals surface area contributed by atoms with E-state index in [0.717, 1.165) is 32.3 Å². The molecule has 2 aromatic carbocycles. The van der Waals surface area contributed by atoms with Gasteiger partial charge in [0.15, 0.2) is 0 Å². The van der Waals surface area contributed by atoms with Crippen LogP contribution in [0.4, 0.5) is 0 Å². The van der Waals surface area contributed by atoms with Crippen LogP contribution >= 0.6 is 22.6 Å². The maximum Gasteiger partial charge on any atom is 0.328 e. The average molecular weight is 380 g/mol. The van der Waals surface area contributed by atoms with Gasteiger partial charge in [-0.15, -0.1) is 0 Å². The van der Waals surface area contributed by atoms with Gasteiger partial charge in [-0.2, -0.15) is 0 Å². The Bertz CT molecular complexity index is 663. The number of halogens is 1. The Morgan fingerprint density at radius 2 is 1.95 bits per heavy atom. The molecule has 0 saturated carbocycles. The largest absolute Gasteiger partial charge is 0.478 e. The van der Waals surface area contributed by atoms with Gasteiger partial charge in [-0.25, -0.2) is 4.79 Å². The van der Waals surface area contributed by atoms with Gasteiger partial charge < -0.3 is 9.84 Å². The molecular formula is C16H13IO3. The smallest absolute Gasteiger partial charge is 0.328 e. The molecule has 0 saturated heterocycles. The van der Waals surface area contributed by atoms with Crippen LogP contribution < -0.4 is 4.74 Å². The molecule has 0 radical (unpaired) electrons. The van der Waals surface area contributed by atoms with E-state index in [1.807, 2.05) is 49.4 Å². The number of aliphatic carboxylic acids is 1. The third-order valence-corrected chi connectivity index (χ3v) is 3.58. The summed E-state index contributed by atoms with van der Waals surface area (Å²) in [5, 5.41) is 8.65. The Hall–Kier alpha value is -1.82. The van der Waals surface area contributed by atoms with Crippen LogP contribution in [-0.2, 0) is 4.79 Å². The molecule has 0 aliphatic rings. The lowest BCUT2D eigenvalue weighted by Gasteiger charge is -2.11. The van der Waals surface area contributed by atoms with Gasteiger partial charge in [0.2, 0.25) is 0 Å². The van der Waals surface area contributed by atoms with Crippen LogP contribution in [0.1, 0.15) is 11.1 Å². The SMILES string of the molecule is Cc1ccc(/C=C/C(=O)O)cc1Oc1ccccc1I. The van der Waals surface area contributed by atoms with Gasteiger partial charge in [0.1, 0.15) is 11.5 Å². The normalized spacial score (nSPS) is 10.7. The predicted octanol–water partition coefficient (Wildman–Crippen LogP) is 4.49. The van der Waals surface area contributed by atoms with Crippen LogP contribution in [0.2, 0.25) is 0 Å². The third-order valence-electron chi connectivity index (χ3n) is 2.69. The number of carbonyl (C=O) groups is 1. The number of aryl methyl sites for hydroxylation is 1. The van der Waals surface area contributed by atoms with E-state index in [4.69, 9.17) is 9.84 Å². The molecule has 0 aliphatic heterocycles. The van der Waals surface area contributed by atoms with Gasteiger partial charge in [-0.1, -0.05) is 24.3 Å². The molecule has 4 heteroatoms. The Balaban J connectivity index is 2.30. The molecule has 102 valence electrons. The van der Waals surface area contributed by atoms with Crippen molar-refractivity contribution in [1.29, 1.82) is 0 Å². The lowest BCUT2D eigenvalue weighted by Crippen LogP contribution is -1.91. The first-order chi connectivity index (χ1) is 9.56. The molecular weight excluding hydrogens is 367 g/mol. The zero-order valence-corrected chi connectivity index (χ0v) is 13.0.